The van der Waals surface area contributed by atoms with Crippen molar-refractivity contribution in [2.24, 2.45) is 0 Å². The summed E-state index contributed by atoms with van der Waals surface area (Å²) < 4.78 is 4.72. The van der Waals surface area contributed by atoms with Crippen LogP contribution >= 0.6 is 11.8 Å². The number of thioether (sulfide) groups is 1. The summed E-state index contributed by atoms with van der Waals surface area (Å²) in [5, 5.41) is 2.87. The van der Waals surface area contributed by atoms with Crippen LogP contribution in [0.5, 0.6) is 5.75 Å². The third kappa shape index (κ3) is 1.32. The van der Waals surface area contributed by atoms with Gasteiger partial charge in [0, 0.05) is 5.56 Å². The van der Waals surface area contributed by atoms with Gasteiger partial charge in [0.2, 0.25) is 5.91 Å². The maximum absolute atomic E-state index is 11.9. The van der Waals surface area contributed by atoms with E-state index in [0.29, 0.717) is 0 Å². The molecule has 0 spiro atoms. The minimum Gasteiger partial charge on any atom is -0.495 e. The van der Waals surface area contributed by atoms with Crippen molar-refractivity contribution < 1.29 is 9.53 Å². The number of amides is 1. The number of carbonyl (C=O) groups excluding carboxylic acids is 1. The first-order valence-corrected chi connectivity index (χ1v) is 5.90. The van der Waals surface area contributed by atoms with Gasteiger partial charge < -0.3 is 10.1 Å². The highest BCUT2D eigenvalue weighted by Crippen LogP contribution is 2.47. The van der Waals surface area contributed by atoms with Crippen LogP contribution in [0, 0.1) is 0 Å². The molecule has 1 aliphatic rings. The van der Waals surface area contributed by atoms with Gasteiger partial charge in [0.15, 0.2) is 0 Å². The Balaban J connectivity index is 2.61. The van der Waals surface area contributed by atoms with E-state index in [0.717, 1.165) is 17.0 Å². The maximum Gasteiger partial charge on any atom is 0.245 e. The second-order valence-electron chi connectivity index (χ2n) is 3.57. The van der Waals surface area contributed by atoms with E-state index in [9.17, 15) is 4.79 Å². The number of benzene rings is 1. The number of nitrogens with one attached hydrogen (secondary N) is 1. The standard InChI is InChI=1S/C11H13NO2S/c1-11(15-3)7-5-4-6-8(14-2)9(7)12-10(11)13/h4-6H,1-3H3,(H,12,13). The minimum absolute atomic E-state index is 0.0227. The zero-order chi connectivity index (χ0) is 11.1. The molecule has 1 N–H and O–H groups in total. The van der Waals surface area contributed by atoms with E-state index < -0.39 is 4.75 Å². The zero-order valence-electron chi connectivity index (χ0n) is 8.96. The summed E-state index contributed by atoms with van der Waals surface area (Å²) in [4.78, 5) is 11.9. The van der Waals surface area contributed by atoms with E-state index in [1.165, 1.54) is 11.8 Å². The average Bonchev–Trinajstić information content (AvgIpc) is 2.52. The Kier molecular flexibility index (Phi) is 2.38. The number of hydrogen-bond donors (Lipinski definition) is 1. The van der Waals surface area contributed by atoms with Crippen molar-refractivity contribution in [3.05, 3.63) is 23.8 Å². The largest absolute Gasteiger partial charge is 0.495 e. The summed E-state index contributed by atoms with van der Waals surface area (Å²) >= 11 is 1.54. The van der Waals surface area contributed by atoms with Gasteiger partial charge in [-0.25, -0.2) is 0 Å². The van der Waals surface area contributed by atoms with Crippen LogP contribution in [0.4, 0.5) is 5.69 Å². The lowest BCUT2D eigenvalue weighted by Crippen LogP contribution is -2.26. The molecule has 1 unspecified atom stereocenters. The zero-order valence-corrected chi connectivity index (χ0v) is 9.77. The topological polar surface area (TPSA) is 38.3 Å². The number of rotatable bonds is 2. The fourth-order valence-corrected chi connectivity index (χ4v) is 2.41. The Morgan fingerprint density at radius 2 is 2.20 bits per heavy atom. The van der Waals surface area contributed by atoms with Crippen LogP contribution in [0.3, 0.4) is 0 Å². The maximum atomic E-state index is 11.9. The van der Waals surface area contributed by atoms with Crippen molar-refractivity contribution >= 4 is 23.4 Å². The van der Waals surface area contributed by atoms with E-state index in [-0.39, 0.29) is 5.91 Å². The first kappa shape index (κ1) is 10.4. The third-order valence-electron chi connectivity index (χ3n) is 2.84. The van der Waals surface area contributed by atoms with Crippen LogP contribution in [-0.4, -0.2) is 19.3 Å². The van der Waals surface area contributed by atoms with Gasteiger partial charge in [0.1, 0.15) is 10.5 Å². The second-order valence-corrected chi connectivity index (χ2v) is 4.80. The summed E-state index contributed by atoms with van der Waals surface area (Å²) in [5.41, 5.74) is 1.81. The molecule has 0 saturated heterocycles. The lowest BCUT2D eigenvalue weighted by molar-refractivity contribution is -0.117. The molecule has 0 aromatic heterocycles. The molecule has 15 heavy (non-hydrogen) atoms. The van der Waals surface area contributed by atoms with Crippen molar-refractivity contribution in [1.82, 2.24) is 0 Å². The summed E-state index contributed by atoms with van der Waals surface area (Å²) in [7, 11) is 1.61. The molecular weight excluding hydrogens is 210 g/mol. The van der Waals surface area contributed by atoms with E-state index in [1.54, 1.807) is 7.11 Å². The summed E-state index contributed by atoms with van der Waals surface area (Å²) in [5.74, 6) is 0.744. The van der Waals surface area contributed by atoms with Crippen LogP contribution in [0.2, 0.25) is 0 Å². The van der Waals surface area contributed by atoms with Gasteiger partial charge in [-0.15, -0.1) is 11.8 Å². The molecule has 1 aromatic carbocycles. The minimum atomic E-state index is -0.496. The van der Waals surface area contributed by atoms with Crippen LogP contribution in [0.1, 0.15) is 12.5 Å². The lowest BCUT2D eigenvalue weighted by atomic mass is 10.0. The van der Waals surface area contributed by atoms with Crippen molar-refractivity contribution in [2.45, 2.75) is 11.7 Å². The summed E-state index contributed by atoms with van der Waals surface area (Å²) in [6, 6.07) is 5.73. The number of anilines is 1. The number of methoxy groups -OCH3 is 1. The van der Waals surface area contributed by atoms with Gasteiger partial charge in [0.05, 0.1) is 12.8 Å². The molecule has 3 nitrogen and oxygen atoms in total. The number of fused-ring (bicyclic) bond motifs is 1. The third-order valence-corrected chi connectivity index (χ3v) is 4.06. The lowest BCUT2D eigenvalue weighted by Gasteiger charge is -2.18. The van der Waals surface area contributed by atoms with Gasteiger partial charge in [0.25, 0.3) is 0 Å². The molecule has 4 heteroatoms. The highest BCUT2D eigenvalue weighted by molar-refractivity contribution is 8.00. The quantitative estimate of drug-likeness (QED) is 0.835. The molecule has 1 aliphatic heterocycles. The molecule has 1 aromatic rings. The highest BCUT2D eigenvalue weighted by Gasteiger charge is 2.43. The first-order valence-electron chi connectivity index (χ1n) is 4.67. The Labute approximate surface area is 93.2 Å². The van der Waals surface area contributed by atoms with E-state index >= 15 is 0 Å². The van der Waals surface area contributed by atoms with Gasteiger partial charge in [-0.3, -0.25) is 4.79 Å². The number of para-hydroxylation sites is 1. The molecule has 1 atom stereocenters. The monoisotopic (exact) mass is 223 g/mol. The van der Waals surface area contributed by atoms with Crippen LogP contribution in [-0.2, 0) is 9.54 Å². The van der Waals surface area contributed by atoms with E-state index in [2.05, 4.69) is 5.32 Å². The van der Waals surface area contributed by atoms with E-state index in [1.807, 2.05) is 31.4 Å². The molecule has 0 aliphatic carbocycles. The molecule has 80 valence electrons. The van der Waals surface area contributed by atoms with Gasteiger partial charge in [-0.1, -0.05) is 12.1 Å². The molecule has 0 fully saturated rings. The normalized spacial score (nSPS) is 23.5. The van der Waals surface area contributed by atoms with Crippen molar-refractivity contribution in [3.63, 3.8) is 0 Å². The summed E-state index contributed by atoms with van der Waals surface area (Å²) in [6.07, 6.45) is 1.94. The smallest absolute Gasteiger partial charge is 0.245 e. The Morgan fingerprint density at radius 3 is 2.80 bits per heavy atom. The first-order chi connectivity index (χ1) is 7.13. The average molecular weight is 223 g/mol. The second kappa shape index (κ2) is 3.45. The van der Waals surface area contributed by atoms with Crippen LogP contribution in [0.25, 0.3) is 0 Å². The fraction of sp³-hybridized carbons (Fsp3) is 0.364. The van der Waals surface area contributed by atoms with Crippen LogP contribution in [0.15, 0.2) is 18.2 Å². The molecule has 2 rings (SSSR count). The molecule has 0 bridgehead atoms. The Bertz CT molecular complexity index is 419. The van der Waals surface area contributed by atoms with E-state index in [4.69, 9.17) is 4.74 Å². The fourth-order valence-electron chi connectivity index (χ4n) is 1.79. The number of carbonyl (C=O) groups is 1. The van der Waals surface area contributed by atoms with Crippen molar-refractivity contribution in [3.8, 4) is 5.75 Å². The van der Waals surface area contributed by atoms with Crippen molar-refractivity contribution in [1.29, 1.82) is 0 Å². The molecule has 1 amide bonds. The summed E-state index contributed by atoms with van der Waals surface area (Å²) in [6.45, 7) is 1.93. The van der Waals surface area contributed by atoms with Crippen molar-refractivity contribution in [2.75, 3.05) is 18.7 Å². The molecule has 0 saturated carbocycles. The predicted molar refractivity (Wildman–Crippen MR) is 62.5 cm³/mol. The van der Waals surface area contributed by atoms with Gasteiger partial charge >= 0.3 is 0 Å². The van der Waals surface area contributed by atoms with Gasteiger partial charge in [-0.2, -0.15) is 0 Å². The molecule has 0 radical (unpaired) electrons. The highest BCUT2D eigenvalue weighted by atomic mass is 32.2. The predicted octanol–water partition coefficient (Wildman–Crippen LogP) is 2.23. The SMILES string of the molecule is COc1cccc2c1NC(=O)C2(C)SC. The molecule has 1 heterocycles. The number of hydrogen-bond acceptors (Lipinski definition) is 3. The van der Waals surface area contributed by atoms with Crippen LogP contribution < -0.4 is 10.1 Å². The van der Waals surface area contributed by atoms with Gasteiger partial charge in [-0.05, 0) is 19.2 Å². The Morgan fingerprint density at radius 1 is 1.47 bits per heavy atom. The number of ether oxygens (including phenoxy) is 1. The molecular formula is C11H13NO2S. The Hall–Kier alpha value is -1.16.